The number of ether oxygens (including phenoxy) is 1. The van der Waals surface area contributed by atoms with Crippen LogP contribution in [0.2, 0.25) is 0 Å². The molecule has 3 heterocycles. The fourth-order valence-corrected chi connectivity index (χ4v) is 3.04. The smallest absolute Gasteiger partial charge is 0.369 e. The van der Waals surface area contributed by atoms with E-state index in [0.29, 0.717) is 12.1 Å². The predicted molar refractivity (Wildman–Crippen MR) is 86.5 cm³/mol. The Morgan fingerprint density at radius 2 is 2.19 bits per heavy atom. The highest BCUT2D eigenvalue weighted by atomic mass is 19.4. The van der Waals surface area contributed by atoms with E-state index in [0.717, 1.165) is 29.6 Å². The molecule has 0 saturated heterocycles. The topological polar surface area (TPSA) is 79.9 Å². The van der Waals surface area contributed by atoms with Crippen LogP contribution in [0.5, 0.6) is 0 Å². The van der Waals surface area contributed by atoms with Crippen molar-refractivity contribution in [1.29, 1.82) is 0 Å². The first kappa shape index (κ1) is 18.4. The predicted octanol–water partition coefficient (Wildman–Crippen LogP) is 2.82. The Bertz CT molecular complexity index is 804. The minimum absolute atomic E-state index is 0.0176. The third kappa shape index (κ3) is 3.87. The molecule has 1 amide bonds. The second-order valence-corrected chi connectivity index (χ2v) is 6.30. The van der Waals surface area contributed by atoms with Crippen LogP contribution < -0.4 is 5.32 Å². The zero-order valence-corrected chi connectivity index (χ0v) is 14.4. The van der Waals surface area contributed by atoms with Gasteiger partial charge in [0, 0.05) is 36.8 Å². The van der Waals surface area contributed by atoms with Crippen LogP contribution in [0.25, 0.3) is 0 Å². The molecule has 0 saturated carbocycles. The lowest BCUT2D eigenvalue weighted by Crippen LogP contribution is -2.29. The van der Waals surface area contributed by atoms with Crippen LogP contribution in [0.1, 0.15) is 53.0 Å². The summed E-state index contributed by atoms with van der Waals surface area (Å²) >= 11 is 0. The van der Waals surface area contributed by atoms with Gasteiger partial charge in [0.1, 0.15) is 0 Å². The first-order chi connectivity index (χ1) is 12.3. The fourth-order valence-electron chi connectivity index (χ4n) is 3.04. The second-order valence-electron chi connectivity index (χ2n) is 6.30. The van der Waals surface area contributed by atoms with E-state index in [9.17, 15) is 18.0 Å². The lowest BCUT2D eigenvalue weighted by atomic mass is 9.99. The number of carbonyl (C=O) groups is 1. The van der Waals surface area contributed by atoms with Crippen LogP contribution in [-0.2, 0) is 23.8 Å². The molecule has 2 aromatic rings. The number of alkyl halides is 3. The molecule has 0 spiro atoms. The summed E-state index contributed by atoms with van der Waals surface area (Å²) in [7, 11) is 0. The zero-order chi connectivity index (χ0) is 18.9. The van der Waals surface area contributed by atoms with E-state index < -0.39 is 11.7 Å². The summed E-state index contributed by atoms with van der Waals surface area (Å²) < 4.78 is 43.8. The van der Waals surface area contributed by atoms with Crippen LogP contribution in [0.15, 0.2) is 18.3 Å². The molecule has 0 aliphatic carbocycles. The number of H-pyrrole nitrogens is 1. The van der Waals surface area contributed by atoms with Gasteiger partial charge in [-0.1, -0.05) is 0 Å². The number of pyridine rings is 1. The van der Waals surface area contributed by atoms with E-state index >= 15 is 0 Å². The first-order valence-corrected chi connectivity index (χ1v) is 8.28. The highest BCUT2D eigenvalue weighted by molar-refractivity contribution is 5.94. The molecule has 0 radical (unpaired) electrons. The third-order valence-corrected chi connectivity index (χ3v) is 4.26. The maximum absolute atomic E-state index is 12.7. The summed E-state index contributed by atoms with van der Waals surface area (Å²) in [5.41, 5.74) is 1.43. The molecular weight excluding hydrogens is 349 g/mol. The fraction of sp³-hybridized carbons (Fsp3) is 0.471. The number of aromatic nitrogens is 3. The van der Waals surface area contributed by atoms with Gasteiger partial charge in [-0.3, -0.25) is 14.9 Å². The number of nitrogens with zero attached hydrogens (tertiary/aromatic N) is 2. The molecule has 1 aliphatic rings. The molecule has 6 nitrogen and oxygen atoms in total. The van der Waals surface area contributed by atoms with Gasteiger partial charge in [0.05, 0.1) is 23.5 Å². The van der Waals surface area contributed by atoms with Crippen molar-refractivity contribution in [3.63, 3.8) is 0 Å². The molecule has 0 fully saturated rings. The Morgan fingerprint density at radius 1 is 1.42 bits per heavy atom. The molecule has 26 heavy (non-hydrogen) atoms. The van der Waals surface area contributed by atoms with Gasteiger partial charge in [0.25, 0.3) is 5.91 Å². The van der Waals surface area contributed by atoms with Crippen molar-refractivity contribution in [3.05, 3.63) is 46.5 Å². The summed E-state index contributed by atoms with van der Waals surface area (Å²) in [6, 6.07) is 1.91. The minimum atomic E-state index is -4.41. The van der Waals surface area contributed by atoms with Gasteiger partial charge in [0.2, 0.25) is 0 Å². The number of halogens is 3. The molecule has 0 unspecified atom stereocenters. The van der Waals surface area contributed by atoms with Crippen LogP contribution in [-0.4, -0.2) is 33.7 Å². The van der Waals surface area contributed by atoms with E-state index in [2.05, 4.69) is 20.5 Å². The first-order valence-electron chi connectivity index (χ1n) is 8.28. The number of aromatic amines is 1. The lowest BCUT2D eigenvalue weighted by Gasteiger charge is -2.25. The number of hydrogen-bond acceptors (Lipinski definition) is 4. The summed E-state index contributed by atoms with van der Waals surface area (Å²) in [4.78, 5) is 16.3. The molecule has 2 atom stereocenters. The van der Waals surface area contributed by atoms with Crippen LogP contribution in [0.3, 0.4) is 0 Å². The molecule has 2 aromatic heterocycles. The van der Waals surface area contributed by atoms with Gasteiger partial charge in [-0.2, -0.15) is 18.3 Å². The van der Waals surface area contributed by atoms with Gasteiger partial charge in [-0.15, -0.1) is 0 Å². The largest absolute Gasteiger partial charge is 0.416 e. The monoisotopic (exact) mass is 368 g/mol. The van der Waals surface area contributed by atoms with Crippen molar-refractivity contribution in [2.24, 2.45) is 0 Å². The highest BCUT2D eigenvalue weighted by Gasteiger charge is 2.31. The molecule has 0 bridgehead atoms. The zero-order valence-electron chi connectivity index (χ0n) is 14.4. The van der Waals surface area contributed by atoms with Crippen molar-refractivity contribution in [2.45, 2.75) is 45.1 Å². The normalized spacial score (nSPS) is 19.9. The quantitative estimate of drug-likeness (QED) is 0.870. The number of carbonyl (C=O) groups excluding carboxylic acids is 1. The maximum atomic E-state index is 12.7. The van der Waals surface area contributed by atoms with Gasteiger partial charge in [-0.05, 0) is 26.0 Å². The molecule has 0 aromatic carbocycles. The van der Waals surface area contributed by atoms with Crippen LogP contribution in [0.4, 0.5) is 13.2 Å². The number of amides is 1. The number of nitrogens with one attached hydrogen (secondary N) is 2. The molecule has 9 heteroatoms. The molecule has 2 N–H and O–H groups in total. The van der Waals surface area contributed by atoms with Gasteiger partial charge < -0.3 is 10.1 Å². The van der Waals surface area contributed by atoms with Crippen molar-refractivity contribution >= 4 is 5.91 Å². The number of hydrogen-bond donors (Lipinski definition) is 2. The summed E-state index contributed by atoms with van der Waals surface area (Å²) in [5, 5.41) is 9.60. The van der Waals surface area contributed by atoms with Crippen LogP contribution >= 0.6 is 0 Å². The molecular formula is C17H19F3N4O2. The molecule has 140 valence electrons. The van der Waals surface area contributed by atoms with Crippen molar-refractivity contribution in [2.75, 3.05) is 6.54 Å². The maximum Gasteiger partial charge on any atom is 0.416 e. The van der Waals surface area contributed by atoms with Gasteiger partial charge >= 0.3 is 6.18 Å². The Labute approximate surface area is 148 Å². The van der Waals surface area contributed by atoms with E-state index in [4.69, 9.17) is 4.74 Å². The standard InChI is InChI=1S/C17H19F3N4O2/c1-9-7-13-14(10(2)26-9)23-24-15(13)16(25)22-6-4-12-8-11(3-5-21-12)17(18,19)20/h3,5,8-10H,4,6-7H2,1-2H3,(H,22,25)(H,23,24)/t9-,10+/m1/s1. The second kappa shape index (κ2) is 7.06. The summed E-state index contributed by atoms with van der Waals surface area (Å²) in [6.07, 6.45) is -2.71. The van der Waals surface area contributed by atoms with Crippen molar-refractivity contribution in [3.8, 4) is 0 Å². The minimum Gasteiger partial charge on any atom is -0.369 e. The van der Waals surface area contributed by atoms with Gasteiger partial charge in [-0.25, -0.2) is 0 Å². The average molecular weight is 368 g/mol. The Hall–Kier alpha value is -2.42. The Morgan fingerprint density at radius 3 is 2.92 bits per heavy atom. The average Bonchev–Trinajstić information content (AvgIpc) is 2.98. The molecule has 1 aliphatic heterocycles. The van der Waals surface area contributed by atoms with E-state index in [1.807, 2.05) is 13.8 Å². The molecule has 3 rings (SSSR count). The van der Waals surface area contributed by atoms with Crippen molar-refractivity contribution < 1.29 is 22.7 Å². The Balaban J connectivity index is 1.62. The SMILES string of the molecule is C[C@@H]1Cc2c(C(=O)NCCc3cc(C(F)(F)F)ccn3)n[nH]c2[C@H](C)O1. The van der Waals surface area contributed by atoms with Crippen LogP contribution in [0, 0.1) is 0 Å². The van der Waals surface area contributed by atoms with E-state index in [1.165, 1.54) is 0 Å². The van der Waals surface area contributed by atoms with E-state index in [1.54, 1.807) is 0 Å². The number of fused-ring (bicyclic) bond motifs is 1. The van der Waals surface area contributed by atoms with Gasteiger partial charge in [0.15, 0.2) is 5.69 Å². The van der Waals surface area contributed by atoms with Crippen molar-refractivity contribution in [1.82, 2.24) is 20.5 Å². The highest BCUT2D eigenvalue weighted by Crippen LogP contribution is 2.30. The summed E-state index contributed by atoms with van der Waals surface area (Å²) in [6.45, 7) is 3.97. The lowest BCUT2D eigenvalue weighted by molar-refractivity contribution is -0.137. The number of rotatable bonds is 4. The summed E-state index contributed by atoms with van der Waals surface area (Å²) in [5.74, 6) is -0.365. The van der Waals surface area contributed by atoms with E-state index in [-0.39, 0.29) is 36.8 Å². The third-order valence-electron chi connectivity index (χ3n) is 4.26. The Kier molecular flexibility index (Phi) is 4.99.